The minimum atomic E-state index is -0.170. The maximum Gasteiger partial charge on any atom is 0.255 e. The van der Waals surface area contributed by atoms with E-state index in [2.05, 4.69) is 15.7 Å². The molecule has 0 unspecified atom stereocenters. The fraction of sp³-hybridized carbons (Fsp3) is 0.227. The number of benzene rings is 2. The summed E-state index contributed by atoms with van der Waals surface area (Å²) < 4.78 is 1.75. The van der Waals surface area contributed by atoms with E-state index < -0.39 is 0 Å². The van der Waals surface area contributed by atoms with Gasteiger partial charge in [-0.3, -0.25) is 9.59 Å². The van der Waals surface area contributed by atoms with Gasteiger partial charge in [-0.25, -0.2) is 4.68 Å². The van der Waals surface area contributed by atoms with Crippen LogP contribution in [0, 0.1) is 12.8 Å². The lowest BCUT2D eigenvalue weighted by molar-refractivity contribution is -0.118. The zero-order chi connectivity index (χ0) is 20.1. The highest BCUT2D eigenvalue weighted by Gasteiger charge is 2.15. The number of carbonyl (C=O) groups is 2. The van der Waals surface area contributed by atoms with E-state index in [9.17, 15) is 9.59 Å². The van der Waals surface area contributed by atoms with Gasteiger partial charge in [0.25, 0.3) is 5.91 Å². The first-order valence-electron chi connectivity index (χ1n) is 9.23. The second-order valence-corrected chi connectivity index (χ2v) is 6.91. The highest BCUT2D eigenvalue weighted by atomic mass is 16.2. The fourth-order valence-corrected chi connectivity index (χ4v) is 2.73. The molecule has 0 aliphatic rings. The van der Waals surface area contributed by atoms with Gasteiger partial charge in [0, 0.05) is 18.2 Å². The molecular weight excluding hydrogens is 352 g/mol. The van der Waals surface area contributed by atoms with Gasteiger partial charge in [0.05, 0.1) is 23.1 Å². The third kappa shape index (κ3) is 4.46. The first-order chi connectivity index (χ1) is 13.5. The molecule has 3 aromatic rings. The lowest BCUT2D eigenvalue weighted by Crippen LogP contribution is -2.23. The van der Waals surface area contributed by atoms with E-state index in [1.807, 2.05) is 75.4 Å². The summed E-state index contributed by atoms with van der Waals surface area (Å²) >= 11 is 0. The number of carbonyl (C=O) groups excluding carboxylic acids is 2. The number of aromatic nitrogens is 2. The molecule has 2 N–H and O–H groups in total. The number of nitrogens with one attached hydrogen (secondary N) is 2. The predicted molar refractivity (Wildman–Crippen MR) is 109 cm³/mol. The Morgan fingerprint density at radius 1 is 1.04 bits per heavy atom. The van der Waals surface area contributed by atoms with E-state index in [4.69, 9.17) is 0 Å². The van der Waals surface area contributed by atoms with E-state index >= 15 is 0 Å². The largest absolute Gasteiger partial charge is 0.348 e. The SMILES string of the molecule is Cc1c(C(=O)NCc2ccc(NC(=O)C(C)C)cc2)cnn1-c1ccccc1. The Balaban J connectivity index is 1.62. The second kappa shape index (κ2) is 8.52. The first-order valence-corrected chi connectivity index (χ1v) is 9.23. The van der Waals surface area contributed by atoms with Gasteiger partial charge in [0.2, 0.25) is 5.91 Å². The minimum Gasteiger partial charge on any atom is -0.348 e. The normalized spacial score (nSPS) is 10.7. The molecule has 0 atom stereocenters. The Hall–Kier alpha value is -3.41. The molecular formula is C22H24N4O2. The lowest BCUT2D eigenvalue weighted by Gasteiger charge is -2.09. The van der Waals surface area contributed by atoms with Crippen LogP contribution in [-0.2, 0) is 11.3 Å². The van der Waals surface area contributed by atoms with Crippen LogP contribution in [0.15, 0.2) is 60.8 Å². The van der Waals surface area contributed by atoms with Crippen LogP contribution in [0.25, 0.3) is 5.69 Å². The molecule has 0 radical (unpaired) electrons. The van der Waals surface area contributed by atoms with E-state index in [0.717, 1.165) is 22.6 Å². The van der Waals surface area contributed by atoms with Gasteiger partial charge in [-0.05, 0) is 36.8 Å². The van der Waals surface area contributed by atoms with Crippen molar-refractivity contribution in [3.05, 3.63) is 77.6 Å². The van der Waals surface area contributed by atoms with Gasteiger partial charge in [0.15, 0.2) is 0 Å². The first kappa shape index (κ1) is 19.4. The van der Waals surface area contributed by atoms with Crippen LogP contribution in [0.2, 0.25) is 0 Å². The molecule has 2 amide bonds. The molecule has 0 bridgehead atoms. The standard InChI is InChI=1S/C22H24N4O2/c1-15(2)21(27)25-18-11-9-17(10-12-18)13-23-22(28)20-14-24-26(16(20)3)19-7-5-4-6-8-19/h4-12,14-15H,13H2,1-3H3,(H,23,28)(H,25,27). The zero-order valence-corrected chi connectivity index (χ0v) is 16.3. The number of hydrogen-bond acceptors (Lipinski definition) is 3. The van der Waals surface area contributed by atoms with Crippen molar-refractivity contribution in [1.29, 1.82) is 0 Å². The number of nitrogens with zero attached hydrogens (tertiary/aromatic N) is 2. The van der Waals surface area contributed by atoms with Gasteiger partial charge in [-0.2, -0.15) is 5.10 Å². The van der Waals surface area contributed by atoms with Crippen LogP contribution in [0.1, 0.15) is 35.5 Å². The van der Waals surface area contributed by atoms with E-state index in [1.165, 1.54) is 0 Å². The molecule has 2 aromatic carbocycles. The Labute approximate surface area is 164 Å². The van der Waals surface area contributed by atoms with Crippen LogP contribution in [0.3, 0.4) is 0 Å². The third-order valence-corrected chi connectivity index (χ3v) is 4.45. The summed E-state index contributed by atoms with van der Waals surface area (Å²) in [5.74, 6) is -0.261. The maximum atomic E-state index is 12.5. The Bertz CT molecular complexity index is 960. The van der Waals surface area contributed by atoms with E-state index in [1.54, 1.807) is 10.9 Å². The molecule has 0 fully saturated rings. The molecule has 0 aliphatic carbocycles. The van der Waals surface area contributed by atoms with Crippen molar-refractivity contribution >= 4 is 17.5 Å². The Morgan fingerprint density at radius 2 is 1.71 bits per heavy atom. The highest BCUT2D eigenvalue weighted by Crippen LogP contribution is 2.15. The van der Waals surface area contributed by atoms with Gasteiger partial charge in [-0.1, -0.05) is 44.2 Å². The van der Waals surface area contributed by atoms with Crippen molar-refractivity contribution in [1.82, 2.24) is 15.1 Å². The molecule has 1 aromatic heterocycles. The summed E-state index contributed by atoms with van der Waals surface area (Å²) in [7, 11) is 0. The van der Waals surface area contributed by atoms with Crippen LogP contribution in [-0.4, -0.2) is 21.6 Å². The topological polar surface area (TPSA) is 76.0 Å². The van der Waals surface area contributed by atoms with Gasteiger partial charge in [0.1, 0.15) is 0 Å². The molecule has 1 heterocycles. The number of anilines is 1. The Kier molecular flexibility index (Phi) is 5.89. The van der Waals surface area contributed by atoms with Crippen molar-refractivity contribution in [3.63, 3.8) is 0 Å². The molecule has 6 heteroatoms. The predicted octanol–water partition coefficient (Wildman–Crippen LogP) is 3.71. The number of para-hydroxylation sites is 1. The molecule has 0 spiro atoms. The average molecular weight is 376 g/mol. The van der Waals surface area contributed by atoms with Crippen molar-refractivity contribution in [2.24, 2.45) is 5.92 Å². The summed E-state index contributed by atoms with van der Waals surface area (Å²) in [6.07, 6.45) is 1.59. The molecule has 6 nitrogen and oxygen atoms in total. The van der Waals surface area contributed by atoms with Crippen molar-refractivity contribution in [2.75, 3.05) is 5.32 Å². The quantitative estimate of drug-likeness (QED) is 0.689. The van der Waals surface area contributed by atoms with Crippen LogP contribution in [0.5, 0.6) is 0 Å². The van der Waals surface area contributed by atoms with Gasteiger partial charge >= 0.3 is 0 Å². The molecule has 144 valence electrons. The smallest absolute Gasteiger partial charge is 0.255 e. The van der Waals surface area contributed by atoms with Crippen molar-refractivity contribution < 1.29 is 9.59 Å². The zero-order valence-electron chi connectivity index (χ0n) is 16.3. The molecule has 3 rings (SSSR count). The van der Waals surface area contributed by atoms with Crippen molar-refractivity contribution in [2.45, 2.75) is 27.3 Å². The summed E-state index contributed by atoms with van der Waals surface area (Å²) in [6.45, 7) is 5.97. The summed E-state index contributed by atoms with van der Waals surface area (Å²) in [6, 6.07) is 17.1. The van der Waals surface area contributed by atoms with Crippen LogP contribution in [0.4, 0.5) is 5.69 Å². The molecule has 0 saturated heterocycles. The monoisotopic (exact) mass is 376 g/mol. The summed E-state index contributed by atoms with van der Waals surface area (Å²) in [5, 5.41) is 10.1. The third-order valence-electron chi connectivity index (χ3n) is 4.45. The van der Waals surface area contributed by atoms with E-state index in [-0.39, 0.29) is 17.7 Å². The van der Waals surface area contributed by atoms with Crippen LogP contribution < -0.4 is 10.6 Å². The maximum absolute atomic E-state index is 12.5. The molecule has 28 heavy (non-hydrogen) atoms. The van der Waals surface area contributed by atoms with E-state index in [0.29, 0.717) is 12.1 Å². The second-order valence-electron chi connectivity index (χ2n) is 6.91. The van der Waals surface area contributed by atoms with Gasteiger partial charge < -0.3 is 10.6 Å². The lowest BCUT2D eigenvalue weighted by atomic mass is 10.1. The Morgan fingerprint density at radius 3 is 2.36 bits per heavy atom. The number of rotatable bonds is 6. The minimum absolute atomic E-state index is 0.0213. The molecule has 0 saturated carbocycles. The number of amides is 2. The summed E-state index contributed by atoms with van der Waals surface area (Å²) in [4.78, 5) is 24.3. The highest BCUT2D eigenvalue weighted by molar-refractivity contribution is 5.95. The molecule has 0 aliphatic heterocycles. The van der Waals surface area contributed by atoms with Crippen LogP contribution >= 0.6 is 0 Å². The fourth-order valence-electron chi connectivity index (χ4n) is 2.73. The van der Waals surface area contributed by atoms with Gasteiger partial charge in [-0.15, -0.1) is 0 Å². The van der Waals surface area contributed by atoms with Crippen molar-refractivity contribution in [3.8, 4) is 5.69 Å². The average Bonchev–Trinajstić information content (AvgIpc) is 3.09. The summed E-state index contributed by atoms with van der Waals surface area (Å²) in [5.41, 5.74) is 3.94. The number of hydrogen-bond donors (Lipinski definition) is 2.